The Balaban J connectivity index is 1.52. The molecule has 2 aromatic carbocycles. The molecule has 0 bridgehead atoms. The Morgan fingerprint density at radius 2 is 1.93 bits per heavy atom. The molecule has 1 aromatic heterocycles. The quantitative estimate of drug-likeness (QED) is 0.665. The lowest BCUT2D eigenvalue weighted by Crippen LogP contribution is -2.29. The first-order valence-electron chi connectivity index (χ1n) is 8.73. The maximum Gasteiger partial charge on any atom is 0.257 e. The largest absolute Gasteiger partial charge is 0.494 e. The standard InChI is InChI=1S/C19H19N3O4S2/c1-22(13-8-9-13)28(24,25)14-10-6-12(7-11-14)18(23)21-19-20-17-15(26-2)4-3-5-16(17)27-19/h3-7,10-11,13H,8-9H2,1-2H3,(H,20,21,23). The predicted octanol–water partition coefficient (Wildman–Crippen LogP) is 3.34. The molecule has 0 radical (unpaired) electrons. The van der Waals surface area contributed by atoms with E-state index in [1.807, 2.05) is 18.2 Å². The molecule has 1 aliphatic carbocycles. The first kappa shape index (κ1) is 18.9. The lowest BCUT2D eigenvalue weighted by molar-refractivity contribution is 0.102. The van der Waals surface area contributed by atoms with Gasteiger partial charge in [0.25, 0.3) is 5.91 Å². The van der Waals surface area contributed by atoms with Gasteiger partial charge in [-0.2, -0.15) is 4.31 Å². The van der Waals surface area contributed by atoms with Crippen molar-refractivity contribution < 1.29 is 17.9 Å². The van der Waals surface area contributed by atoms with Crippen molar-refractivity contribution in [1.29, 1.82) is 0 Å². The van der Waals surface area contributed by atoms with Crippen molar-refractivity contribution in [3.8, 4) is 5.75 Å². The first-order chi connectivity index (χ1) is 13.4. The van der Waals surface area contributed by atoms with Crippen molar-refractivity contribution in [2.45, 2.75) is 23.8 Å². The van der Waals surface area contributed by atoms with E-state index in [1.165, 1.54) is 39.9 Å². The van der Waals surface area contributed by atoms with Gasteiger partial charge >= 0.3 is 0 Å². The second-order valence-electron chi connectivity index (χ2n) is 6.56. The van der Waals surface area contributed by atoms with Gasteiger partial charge in [0.05, 0.1) is 16.7 Å². The van der Waals surface area contributed by atoms with Gasteiger partial charge in [-0.3, -0.25) is 10.1 Å². The van der Waals surface area contributed by atoms with Gasteiger partial charge in [-0.05, 0) is 49.2 Å². The number of benzene rings is 2. The number of sulfonamides is 1. The molecule has 1 fully saturated rings. The van der Waals surface area contributed by atoms with Crippen LogP contribution < -0.4 is 10.1 Å². The number of nitrogens with zero attached hydrogens (tertiary/aromatic N) is 2. The van der Waals surface area contributed by atoms with Crippen LogP contribution in [-0.4, -0.2) is 43.8 Å². The summed E-state index contributed by atoms with van der Waals surface area (Å²) >= 11 is 1.35. The molecule has 9 heteroatoms. The zero-order valence-electron chi connectivity index (χ0n) is 15.4. The zero-order chi connectivity index (χ0) is 19.9. The minimum Gasteiger partial charge on any atom is -0.494 e. The number of para-hydroxylation sites is 1. The normalized spacial score (nSPS) is 14.4. The molecule has 1 heterocycles. The number of hydrogen-bond donors (Lipinski definition) is 1. The van der Waals surface area contributed by atoms with Crippen molar-refractivity contribution >= 4 is 42.6 Å². The summed E-state index contributed by atoms with van der Waals surface area (Å²) in [6.45, 7) is 0. The number of carbonyl (C=O) groups is 1. The average molecular weight is 418 g/mol. The third-order valence-electron chi connectivity index (χ3n) is 4.68. The van der Waals surface area contributed by atoms with Crippen LogP contribution in [0.15, 0.2) is 47.4 Å². The van der Waals surface area contributed by atoms with Crippen LogP contribution in [0.2, 0.25) is 0 Å². The second kappa shape index (κ2) is 7.16. The first-order valence-corrected chi connectivity index (χ1v) is 11.0. The molecule has 1 N–H and O–H groups in total. The summed E-state index contributed by atoms with van der Waals surface area (Å²) in [7, 11) is -0.360. The van der Waals surface area contributed by atoms with Crippen LogP contribution in [0.1, 0.15) is 23.2 Å². The van der Waals surface area contributed by atoms with Gasteiger partial charge < -0.3 is 4.74 Å². The zero-order valence-corrected chi connectivity index (χ0v) is 17.0. The molecule has 4 rings (SSSR count). The molecule has 0 atom stereocenters. The molecule has 1 saturated carbocycles. The van der Waals surface area contributed by atoms with Gasteiger partial charge in [-0.1, -0.05) is 17.4 Å². The second-order valence-corrected chi connectivity index (χ2v) is 9.59. The molecular weight excluding hydrogens is 398 g/mol. The van der Waals surface area contributed by atoms with Gasteiger partial charge in [0.15, 0.2) is 5.13 Å². The maximum absolute atomic E-state index is 12.6. The van der Waals surface area contributed by atoms with E-state index in [-0.39, 0.29) is 16.8 Å². The third kappa shape index (κ3) is 3.48. The van der Waals surface area contributed by atoms with Crippen LogP contribution in [0.25, 0.3) is 10.2 Å². The van der Waals surface area contributed by atoms with E-state index in [2.05, 4.69) is 10.3 Å². The lowest BCUT2D eigenvalue weighted by atomic mass is 10.2. The molecule has 28 heavy (non-hydrogen) atoms. The number of rotatable bonds is 6. The van der Waals surface area contributed by atoms with Crippen LogP contribution in [0.5, 0.6) is 5.75 Å². The Hall–Kier alpha value is -2.49. The van der Waals surface area contributed by atoms with Crippen LogP contribution in [0.4, 0.5) is 5.13 Å². The summed E-state index contributed by atoms with van der Waals surface area (Å²) in [6, 6.07) is 11.6. The molecule has 0 aliphatic heterocycles. The molecule has 0 unspecified atom stereocenters. The number of thiazole rings is 1. The number of nitrogens with one attached hydrogen (secondary N) is 1. The number of hydrogen-bond acceptors (Lipinski definition) is 6. The summed E-state index contributed by atoms with van der Waals surface area (Å²) in [5.41, 5.74) is 1.05. The molecule has 3 aromatic rings. The van der Waals surface area contributed by atoms with Crippen molar-refractivity contribution in [1.82, 2.24) is 9.29 Å². The fourth-order valence-electron chi connectivity index (χ4n) is 2.89. The number of amides is 1. The van der Waals surface area contributed by atoms with E-state index in [9.17, 15) is 13.2 Å². The number of fused-ring (bicyclic) bond motifs is 1. The van der Waals surface area contributed by atoms with E-state index in [1.54, 1.807) is 14.2 Å². The minimum absolute atomic E-state index is 0.0870. The summed E-state index contributed by atoms with van der Waals surface area (Å²) in [5, 5.41) is 3.21. The van der Waals surface area contributed by atoms with Crippen LogP contribution in [-0.2, 0) is 10.0 Å². The van der Waals surface area contributed by atoms with Gasteiger partial charge in [-0.25, -0.2) is 13.4 Å². The fourth-order valence-corrected chi connectivity index (χ4v) is 5.18. The Labute approximate surface area is 167 Å². The van der Waals surface area contributed by atoms with Gasteiger partial charge in [0.1, 0.15) is 11.3 Å². The van der Waals surface area contributed by atoms with Crippen molar-refractivity contribution in [2.24, 2.45) is 0 Å². The molecule has 0 saturated heterocycles. The smallest absolute Gasteiger partial charge is 0.257 e. The van der Waals surface area contributed by atoms with Gasteiger partial charge in [0.2, 0.25) is 10.0 Å². The highest BCUT2D eigenvalue weighted by molar-refractivity contribution is 7.89. The Bertz CT molecular complexity index is 1140. The Morgan fingerprint density at radius 1 is 1.21 bits per heavy atom. The summed E-state index contributed by atoms with van der Waals surface area (Å²) in [6.07, 6.45) is 1.78. The molecule has 0 spiro atoms. The predicted molar refractivity (Wildman–Crippen MR) is 109 cm³/mol. The van der Waals surface area contributed by atoms with E-state index in [4.69, 9.17) is 4.74 Å². The van der Waals surface area contributed by atoms with Crippen LogP contribution in [0, 0.1) is 0 Å². The highest BCUT2D eigenvalue weighted by Gasteiger charge is 2.35. The summed E-state index contributed by atoms with van der Waals surface area (Å²) in [5.74, 6) is 0.293. The number of methoxy groups -OCH3 is 1. The molecule has 146 valence electrons. The highest BCUT2D eigenvalue weighted by Crippen LogP contribution is 2.33. The van der Waals surface area contributed by atoms with Gasteiger partial charge in [0, 0.05) is 18.7 Å². The third-order valence-corrected chi connectivity index (χ3v) is 7.54. The van der Waals surface area contributed by atoms with E-state index >= 15 is 0 Å². The van der Waals surface area contributed by atoms with Crippen molar-refractivity contribution in [2.75, 3.05) is 19.5 Å². The van der Waals surface area contributed by atoms with E-state index in [0.717, 1.165) is 17.5 Å². The van der Waals surface area contributed by atoms with Crippen LogP contribution >= 0.6 is 11.3 Å². The highest BCUT2D eigenvalue weighted by atomic mass is 32.2. The molecule has 1 amide bonds. The maximum atomic E-state index is 12.6. The number of carbonyl (C=O) groups excluding carboxylic acids is 1. The molecular formula is C19H19N3O4S2. The number of ether oxygens (including phenoxy) is 1. The minimum atomic E-state index is -3.52. The number of aromatic nitrogens is 1. The topological polar surface area (TPSA) is 88.6 Å². The average Bonchev–Trinajstić information content (AvgIpc) is 3.46. The summed E-state index contributed by atoms with van der Waals surface area (Å²) in [4.78, 5) is 17.1. The molecule has 1 aliphatic rings. The Morgan fingerprint density at radius 3 is 2.57 bits per heavy atom. The van der Waals surface area contributed by atoms with E-state index < -0.39 is 10.0 Å². The SMILES string of the molecule is COc1cccc2sc(NC(=O)c3ccc(S(=O)(=O)N(C)C4CC4)cc3)nc12. The monoisotopic (exact) mass is 417 g/mol. The molecule has 7 nitrogen and oxygen atoms in total. The van der Waals surface area contributed by atoms with Gasteiger partial charge in [-0.15, -0.1) is 0 Å². The number of anilines is 1. The van der Waals surface area contributed by atoms with Crippen LogP contribution in [0.3, 0.4) is 0 Å². The summed E-state index contributed by atoms with van der Waals surface area (Å²) < 4.78 is 32.7. The fraction of sp³-hybridized carbons (Fsp3) is 0.263. The lowest BCUT2D eigenvalue weighted by Gasteiger charge is -2.16. The van der Waals surface area contributed by atoms with E-state index in [0.29, 0.717) is 22.0 Å². The Kier molecular flexibility index (Phi) is 4.82. The van der Waals surface area contributed by atoms with Crippen molar-refractivity contribution in [3.63, 3.8) is 0 Å². The van der Waals surface area contributed by atoms with Crippen molar-refractivity contribution in [3.05, 3.63) is 48.0 Å².